The monoisotopic (exact) mass is 411 g/mol. The van der Waals surface area contributed by atoms with Gasteiger partial charge in [-0.15, -0.1) is 0 Å². The number of nitrogens with zero attached hydrogens (tertiary/aromatic N) is 2. The van der Waals surface area contributed by atoms with Gasteiger partial charge in [-0.2, -0.15) is 23.3 Å². The molecular formula is C16H12F3N5O3S. The third-order valence-corrected chi connectivity index (χ3v) is 4.90. The number of benzene rings is 2. The number of H-pyrrole nitrogens is 1. The van der Waals surface area contributed by atoms with E-state index < -0.39 is 32.6 Å². The van der Waals surface area contributed by atoms with Gasteiger partial charge in [0.1, 0.15) is 6.33 Å². The van der Waals surface area contributed by atoms with Crippen molar-refractivity contribution in [3.63, 3.8) is 0 Å². The smallest absolute Gasteiger partial charge is 0.291 e. The fourth-order valence-electron chi connectivity index (χ4n) is 2.25. The van der Waals surface area contributed by atoms with E-state index in [1.165, 1.54) is 24.3 Å². The molecule has 0 aliphatic rings. The highest BCUT2D eigenvalue weighted by atomic mass is 32.2. The molecule has 2 aromatic carbocycles. The second-order valence-corrected chi connectivity index (χ2v) is 7.15. The van der Waals surface area contributed by atoms with E-state index in [2.05, 4.69) is 25.2 Å². The Morgan fingerprint density at radius 2 is 1.82 bits per heavy atom. The fraction of sp³-hybridized carbons (Fsp3) is 0.0625. The lowest BCUT2D eigenvalue weighted by Gasteiger charge is -2.13. The summed E-state index contributed by atoms with van der Waals surface area (Å²) in [7, 11) is -4.38. The van der Waals surface area contributed by atoms with Crippen LogP contribution in [0, 0.1) is 0 Å². The van der Waals surface area contributed by atoms with E-state index in [4.69, 9.17) is 0 Å². The van der Waals surface area contributed by atoms with Crippen LogP contribution in [0.25, 0.3) is 0 Å². The summed E-state index contributed by atoms with van der Waals surface area (Å²) in [6.45, 7) is 0. The second-order valence-electron chi connectivity index (χ2n) is 5.46. The summed E-state index contributed by atoms with van der Waals surface area (Å²) in [5, 5.41) is 8.36. The molecule has 1 heterocycles. The summed E-state index contributed by atoms with van der Waals surface area (Å²) in [4.78, 5) is 15.5. The largest absolute Gasteiger partial charge is 0.416 e. The number of aromatic amines is 1. The molecule has 146 valence electrons. The summed E-state index contributed by atoms with van der Waals surface area (Å²) < 4.78 is 65.8. The van der Waals surface area contributed by atoms with Crippen LogP contribution in [-0.2, 0) is 16.2 Å². The number of halogens is 3. The number of aromatic nitrogens is 3. The minimum absolute atomic E-state index is 0.0422. The maximum Gasteiger partial charge on any atom is 0.416 e. The van der Waals surface area contributed by atoms with E-state index >= 15 is 0 Å². The summed E-state index contributed by atoms with van der Waals surface area (Å²) in [5.41, 5.74) is -1.28. The van der Waals surface area contributed by atoms with Crippen molar-refractivity contribution in [2.75, 3.05) is 10.0 Å². The Morgan fingerprint density at radius 1 is 1.07 bits per heavy atom. The summed E-state index contributed by atoms with van der Waals surface area (Å²) >= 11 is 0. The van der Waals surface area contributed by atoms with Gasteiger partial charge in [-0.25, -0.2) is 13.5 Å². The number of carbonyl (C=O) groups is 1. The Morgan fingerprint density at radius 3 is 2.50 bits per heavy atom. The first-order valence-electron chi connectivity index (χ1n) is 7.62. The molecule has 0 bridgehead atoms. The molecule has 0 atom stereocenters. The lowest BCUT2D eigenvalue weighted by atomic mass is 10.2. The van der Waals surface area contributed by atoms with Crippen molar-refractivity contribution in [1.82, 2.24) is 15.2 Å². The number of para-hydroxylation sites is 1. The highest BCUT2D eigenvalue weighted by Crippen LogP contribution is 2.31. The number of hydrogen-bond donors (Lipinski definition) is 3. The standard InChI is InChI=1S/C16H12F3N5O3S/c17-16(18,19)10-4-3-5-11(8-10)28(26,27)24-13-7-2-1-6-12(13)14(25)22-15-20-9-21-23-15/h1-9,24H,(H2,20,21,22,23,25). The molecule has 28 heavy (non-hydrogen) atoms. The number of rotatable bonds is 5. The first kappa shape index (κ1) is 19.4. The van der Waals surface area contributed by atoms with Crippen molar-refractivity contribution < 1.29 is 26.4 Å². The minimum Gasteiger partial charge on any atom is -0.291 e. The molecule has 0 fully saturated rings. The average Bonchev–Trinajstić information content (AvgIpc) is 3.14. The Bertz CT molecular complexity index is 1100. The van der Waals surface area contributed by atoms with Crippen molar-refractivity contribution in [2.45, 2.75) is 11.1 Å². The van der Waals surface area contributed by atoms with Crippen LogP contribution in [0.5, 0.6) is 0 Å². The Kier molecular flexibility index (Phi) is 5.05. The highest BCUT2D eigenvalue weighted by Gasteiger charge is 2.31. The van der Waals surface area contributed by atoms with E-state index in [0.717, 1.165) is 24.5 Å². The number of alkyl halides is 3. The molecule has 3 rings (SSSR count). The number of carbonyl (C=O) groups excluding carboxylic acids is 1. The molecule has 3 aromatic rings. The molecule has 0 radical (unpaired) electrons. The van der Waals surface area contributed by atoms with E-state index in [1.54, 1.807) is 0 Å². The Labute approximate surface area is 156 Å². The minimum atomic E-state index is -4.69. The van der Waals surface area contributed by atoms with Crippen LogP contribution in [-0.4, -0.2) is 29.5 Å². The summed E-state index contributed by atoms with van der Waals surface area (Å²) in [6, 6.07) is 8.90. The highest BCUT2D eigenvalue weighted by molar-refractivity contribution is 7.92. The van der Waals surface area contributed by atoms with Gasteiger partial charge < -0.3 is 0 Å². The maximum atomic E-state index is 12.9. The normalized spacial score (nSPS) is 11.8. The number of amides is 1. The van der Waals surface area contributed by atoms with Gasteiger partial charge in [0.2, 0.25) is 5.95 Å². The van der Waals surface area contributed by atoms with E-state index in [0.29, 0.717) is 6.07 Å². The van der Waals surface area contributed by atoms with Gasteiger partial charge in [-0.3, -0.25) is 14.8 Å². The van der Waals surface area contributed by atoms with Crippen molar-refractivity contribution in [2.24, 2.45) is 0 Å². The van der Waals surface area contributed by atoms with Crippen molar-refractivity contribution in [3.05, 3.63) is 66.0 Å². The van der Waals surface area contributed by atoms with Crippen LogP contribution in [0.2, 0.25) is 0 Å². The van der Waals surface area contributed by atoms with Gasteiger partial charge in [0, 0.05) is 0 Å². The SMILES string of the molecule is O=C(Nc1ncn[nH]1)c1ccccc1NS(=O)(=O)c1cccc(C(F)(F)F)c1. The van der Waals surface area contributed by atoms with Gasteiger partial charge in [0.25, 0.3) is 15.9 Å². The molecule has 0 aliphatic carbocycles. The molecule has 0 saturated carbocycles. The zero-order valence-corrected chi connectivity index (χ0v) is 14.7. The third-order valence-electron chi connectivity index (χ3n) is 3.53. The predicted molar refractivity (Wildman–Crippen MR) is 93.0 cm³/mol. The molecule has 8 nitrogen and oxygen atoms in total. The molecule has 3 N–H and O–H groups in total. The van der Waals surface area contributed by atoms with Crippen LogP contribution in [0.3, 0.4) is 0 Å². The first-order valence-corrected chi connectivity index (χ1v) is 9.11. The predicted octanol–water partition coefficient (Wildman–Crippen LogP) is 2.88. The zero-order valence-electron chi connectivity index (χ0n) is 13.9. The topological polar surface area (TPSA) is 117 Å². The van der Waals surface area contributed by atoms with Crippen LogP contribution < -0.4 is 10.0 Å². The van der Waals surface area contributed by atoms with E-state index in [9.17, 15) is 26.4 Å². The number of hydrogen-bond acceptors (Lipinski definition) is 5. The Balaban J connectivity index is 1.90. The van der Waals surface area contributed by atoms with Gasteiger partial charge in [-0.05, 0) is 30.3 Å². The average molecular weight is 411 g/mol. The third kappa shape index (κ3) is 4.28. The van der Waals surface area contributed by atoms with Gasteiger partial charge in [0.05, 0.1) is 21.7 Å². The quantitative estimate of drug-likeness (QED) is 0.597. The Hall–Kier alpha value is -3.41. The molecule has 0 spiro atoms. The van der Waals surface area contributed by atoms with E-state index in [1.807, 2.05) is 0 Å². The maximum absolute atomic E-state index is 12.9. The number of nitrogens with one attached hydrogen (secondary N) is 3. The van der Waals surface area contributed by atoms with Crippen molar-refractivity contribution in [3.8, 4) is 0 Å². The first-order chi connectivity index (χ1) is 13.2. The van der Waals surface area contributed by atoms with Gasteiger partial charge in [0.15, 0.2) is 0 Å². The van der Waals surface area contributed by atoms with Gasteiger partial charge in [-0.1, -0.05) is 18.2 Å². The lowest BCUT2D eigenvalue weighted by molar-refractivity contribution is -0.137. The van der Waals surface area contributed by atoms with Crippen LogP contribution in [0.15, 0.2) is 59.8 Å². The molecule has 1 aromatic heterocycles. The fourth-order valence-corrected chi connectivity index (χ4v) is 3.38. The van der Waals surface area contributed by atoms with Crippen LogP contribution >= 0.6 is 0 Å². The molecule has 1 amide bonds. The van der Waals surface area contributed by atoms with Crippen molar-refractivity contribution >= 4 is 27.6 Å². The molecule has 12 heteroatoms. The van der Waals surface area contributed by atoms with Crippen molar-refractivity contribution in [1.29, 1.82) is 0 Å². The summed E-state index contributed by atoms with van der Waals surface area (Å²) in [6.07, 6.45) is -3.53. The second kappa shape index (κ2) is 7.31. The van der Waals surface area contributed by atoms with Gasteiger partial charge >= 0.3 is 6.18 Å². The number of sulfonamides is 1. The molecule has 0 saturated heterocycles. The lowest BCUT2D eigenvalue weighted by Crippen LogP contribution is -2.19. The zero-order chi connectivity index (χ0) is 20.4. The summed E-state index contributed by atoms with van der Waals surface area (Å²) in [5.74, 6) is -0.653. The van der Waals surface area contributed by atoms with Crippen LogP contribution in [0.4, 0.5) is 24.8 Å². The molecule has 0 aliphatic heterocycles. The molecular weight excluding hydrogens is 399 g/mol. The molecule has 0 unspecified atom stereocenters. The number of anilines is 2. The van der Waals surface area contributed by atoms with Crippen LogP contribution in [0.1, 0.15) is 15.9 Å². The van der Waals surface area contributed by atoms with E-state index in [-0.39, 0.29) is 17.2 Å².